The van der Waals surface area contributed by atoms with E-state index in [2.05, 4.69) is 11.8 Å². The molecule has 0 spiro atoms. The Morgan fingerprint density at radius 3 is 2.47 bits per heavy atom. The van der Waals surface area contributed by atoms with Crippen molar-refractivity contribution < 1.29 is 14.2 Å². The van der Waals surface area contributed by atoms with Crippen molar-refractivity contribution >= 4 is 0 Å². The highest BCUT2D eigenvalue weighted by Crippen LogP contribution is 2.30. The molecule has 0 saturated carbocycles. The molecule has 1 atom stereocenters. The summed E-state index contributed by atoms with van der Waals surface area (Å²) in [6, 6.07) is 0.381. The van der Waals surface area contributed by atoms with Crippen molar-refractivity contribution in [2.45, 2.75) is 25.8 Å². The standard InChI is InChI=1S/C14H30N2O3/c1-13(10-18-3)16(6-9-17-2)12-14(11-15)4-7-19-8-5-14/h13H,4-12,15H2,1-3H3. The molecule has 5 heteroatoms. The molecule has 0 aromatic heterocycles. The lowest BCUT2D eigenvalue weighted by Crippen LogP contribution is -2.50. The van der Waals surface area contributed by atoms with E-state index in [1.165, 1.54) is 0 Å². The molecule has 1 saturated heterocycles. The number of nitrogens with zero attached hydrogens (tertiary/aromatic N) is 1. The van der Waals surface area contributed by atoms with Crippen LogP contribution >= 0.6 is 0 Å². The molecular formula is C14H30N2O3. The quantitative estimate of drug-likeness (QED) is 0.671. The molecule has 1 fully saturated rings. The van der Waals surface area contributed by atoms with E-state index in [1.807, 2.05) is 0 Å². The van der Waals surface area contributed by atoms with Gasteiger partial charge in [0.05, 0.1) is 13.2 Å². The summed E-state index contributed by atoms with van der Waals surface area (Å²) >= 11 is 0. The molecule has 0 radical (unpaired) electrons. The third-order valence-electron chi connectivity index (χ3n) is 4.14. The molecule has 0 bridgehead atoms. The molecular weight excluding hydrogens is 244 g/mol. The van der Waals surface area contributed by atoms with E-state index in [-0.39, 0.29) is 5.41 Å². The zero-order chi connectivity index (χ0) is 14.1. The maximum absolute atomic E-state index is 6.04. The average molecular weight is 274 g/mol. The Morgan fingerprint density at radius 1 is 1.26 bits per heavy atom. The fraction of sp³-hybridized carbons (Fsp3) is 1.00. The fourth-order valence-electron chi connectivity index (χ4n) is 2.67. The Morgan fingerprint density at radius 2 is 1.95 bits per heavy atom. The predicted molar refractivity (Wildman–Crippen MR) is 76.3 cm³/mol. The summed E-state index contributed by atoms with van der Waals surface area (Å²) in [7, 11) is 3.49. The largest absolute Gasteiger partial charge is 0.383 e. The van der Waals surface area contributed by atoms with Gasteiger partial charge >= 0.3 is 0 Å². The first-order chi connectivity index (χ1) is 9.17. The van der Waals surface area contributed by atoms with Gasteiger partial charge in [-0.15, -0.1) is 0 Å². The Hall–Kier alpha value is -0.200. The normalized spacial score (nSPS) is 20.7. The van der Waals surface area contributed by atoms with Crippen LogP contribution in [-0.4, -0.2) is 71.2 Å². The van der Waals surface area contributed by atoms with Gasteiger partial charge in [0.2, 0.25) is 0 Å². The fourth-order valence-corrected chi connectivity index (χ4v) is 2.67. The molecule has 1 heterocycles. The Kier molecular flexibility index (Phi) is 7.87. The second-order valence-corrected chi connectivity index (χ2v) is 5.58. The summed E-state index contributed by atoms with van der Waals surface area (Å²) in [6.45, 7) is 7.97. The zero-order valence-electron chi connectivity index (χ0n) is 12.7. The molecule has 0 amide bonds. The molecule has 1 rings (SSSR count). The summed E-state index contributed by atoms with van der Waals surface area (Å²) < 4.78 is 16.0. The lowest BCUT2D eigenvalue weighted by Gasteiger charge is -2.42. The third-order valence-corrected chi connectivity index (χ3v) is 4.14. The van der Waals surface area contributed by atoms with Gasteiger partial charge in [-0.2, -0.15) is 0 Å². The van der Waals surface area contributed by atoms with Gasteiger partial charge in [-0.3, -0.25) is 4.90 Å². The monoisotopic (exact) mass is 274 g/mol. The van der Waals surface area contributed by atoms with E-state index in [1.54, 1.807) is 14.2 Å². The van der Waals surface area contributed by atoms with Crippen molar-refractivity contribution in [3.05, 3.63) is 0 Å². The molecule has 0 aromatic carbocycles. The maximum Gasteiger partial charge on any atom is 0.0615 e. The van der Waals surface area contributed by atoms with E-state index in [4.69, 9.17) is 19.9 Å². The zero-order valence-corrected chi connectivity index (χ0v) is 12.7. The van der Waals surface area contributed by atoms with Crippen molar-refractivity contribution in [3.8, 4) is 0 Å². The first-order valence-corrected chi connectivity index (χ1v) is 7.17. The van der Waals surface area contributed by atoms with E-state index in [9.17, 15) is 0 Å². The van der Waals surface area contributed by atoms with E-state index in [0.717, 1.165) is 58.9 Å². The molecule has 114 valence electrons. The number of nitrogens with two attached hydrogens (primary N) is 1. The molecule has 0 aromatic rings. The van der Waals surface area contributed by atoms with Crippen LogP contribution in [0.15, 0.2) is 0 Å². The third kappa shape index (κ3) is 5.36. The molecule has 0 aliphatic carbocycles. The van der Waals surface area contributed by atoms with Crippen molar-refractivity contribution in [3.63, 3.8) is 0 Å². The van der Waals surface area contributed by atoms with Gasteiger partial charge in [-0.25, -0.2) is 0 Å². The van der Waals surface area contributed by atoms with Crippen LogP contribution in [0.25, 0.3) is 0 Å². The molecule has 19 heavy (non-hydrogen) atoms. The van der Waals surface area contributed by atoms with Crippen LogP contribution in [0.2, 0.25) is 0 Å². The summed E-state index contributed by atoms with van der Waals surface area (Å²) in [5.74, 6) is 0. The summed E-state index contributed by atoms with van der Waals surface area (Å²) in [5.41, 5.74) is 6.23. The first kappa shape index (κ1) is 16.9. The Bertz CT molecular complexity index is 233. The number of rotatable bonds is 9. The number of hydrogen-bond donors (Lipinski definition) is 1. The lowest BCUT2D eigenvalue weighted by atomic mass is 9.79. The minimum absolute atomic E-state index is 0.188. The minimum Gasteiger partial charge on any atom is -0.383 e. The predicted octanol–water partition coefficient (Wildman–Crippen LogP) is 0.725. The molecule has 5 nitrogen and oxygen atoms in total. The van der Waals surface area contributed by atoms with Gasteiger partial charge in [-0.05, 0) is 31.7 Å². The second kappa shape index (κ2) is 8.87. The van der Waals surface area contributed by atoms with E-state index < -0.39 is 0 Å². The molecule has 2 N–H and O–H groups in total. The van der Waals surface area contributed by atoms with Crippen LogP contribution in [-0.2, 0) is 14.2 Å². The highest BCUT2D eigenvalue weighted by atomic mass is 16.5. The van der Waals surface area contributed by atoms with Gasteiger partial charge in [0, 0.05) is 46.6 Å². The SMILES string of the molecule is COCCN(CC1(CN)CCOCC1)C(C)COC. The topological polar surface area (TPSA) is 57.0 Å². The lowest BCUT2D eigenvalue weighted by molar-refractivity contribution is -0.0186. The highest BCUT2D eigenvalue weighted by molar-refractivity contribution is 4.87. The van der Waals surface area contributed by atoms with Crippen molar-refractivity contribution in [1.29, 1.82) is 0 Å². The maximum atomic E-state index is 6.04. The Labute approximate surface area is 117 Å². The Balaban J connectivity index is 2.61. The number of hydrogen-bond acceptors (Lipinski definition) is 5. The van der Waals surface area contributed by atoms with Crippen LogP contribution in [0.4, 0.5) is 0 Å². The minimum atomic E-state index is 0.188. The van der Waals surface area contributed by atoms with Gasteiger partial charge in [-0.1, -0.05) is 0 Å². The number of ether oxygens (including phenoxy) is 3. The number of methoxy groups -OCH3 is 2. The van der Waals surface area contributed by atoms with Crippen molar-refractivity contribution in [1.82, 2.24) is 4.90 Å². The van der Waals surface area contributed by atoms with Crippen molar-refractivity contribution in [2.24, 2.45) is 11.1 Å². The van der Waals surface area contributed by atoms with Crippen LogP contribution in [0.1, 0.15) is 19.8 Å². The van der Waals surface area contributed by atoms with Gasteiger partial charge in [0.25, 0.3) is 0 Å². The summed E-state index contributed by atoms with van der Waals surface area (Å²) in [6.07, 6.45) is 2.10. The van der Waals surface area contributed by atoms with Crippen LogP contribution < -0.4 is 5.73 Å². The van der Waals surface area contributed by atoms with E-state index in [0.29, 0.717) is 6.04 Å². The van der Waals surface area contributed by atoms with Gasteiger partial charge in [0.15, 0.2) is 0 Å². The smallest absolute Gasteiger partial charge is 0.0615 e. The van der Waals surface area contributed by atoms with Crippen LogP contribution in [0.3, 0.4) is 0 Å². The highest BCUT2D eigenvalue weighted by Gasteiger charge is 2.34. The van der Waals surface area contributed by atoms with Crippen LogP contribution in [0, 0.1) is 5.41 Å². The van der Waals surface area contributed by atoms with E-state index >= 15 is 0 Å². The average Bonchev–Trinajstić information content (AvgIpc) is 2.44. The van der Waals surface area contributed by atoms with Gasteiger partial charge in [0.1, 0.15) is 0 Å². The first-order valence-electron chi connectivity index (χ1n) is 7.17. The van der Waals surface area contributed by atoms with Crippen molar-refractivity contribution in [2.75, 3.05) is 60.3 Å². The second-order valence-electron chi connectivity index (χ2n) is 5.58. The molecule has 1 aliphatic heterocycles. The summed E-state index contributed by atoms with van der Waals surface area (Å²) in [4.78, 5) is 2.44. The molecule has 1 aliphatic rings. The molecule has 1 unspecified atom stereocenters. The summed E-state index contributed by atoms with van der Waals surface area (Å²) in [5, 5.41) is 0. The van der Waals surface area contributed by atoms with Gasteiger partial charge < -0.3 is 19.9 Å². The van der Waals surface area contributed by atoms with Crippen LogP contribution in [0.5, 0.6) is 0 Å².